The van der Waals surface area contributed by atoms with Crippen molar-refractivity contribution in [3.8, 4) is 11.1 Å². The van der Waals surface area contributed by atoms with Gasteiger partial charge in [0, 0.05) is 29.2 Å². The van der Waals surface area contributed by atoms with Crippen molar-refractivity contribution >= 4 is 36.5 Å². The number of hydrogen-bond donors (Lipinski definition) is 4. The molecule has 43 heavy (non-hydrogen) atoms. The van der Waals surface area contributed by atoms with E-state index in [1.165, 1.54) is 37.5 Å². The molecule has 4 aromatic rings. The molecule has 1 aromatic carbocycles. The summed E-state index contributed by atoms with van der Waals surface area (Å²) in [7, 11) is -2.95. The van der Waals surface area contributed by atoms with E-state index in [1.54, 1.807) is 59.9 Å². The zero-order valence-corrected chi connectivity index (χ0v) is 25.5. The molecule has 1 atom stereocenters. The number of thiophene rings is 1. The summed E-state index contributed by atoms with van der Waals surface area (Å²) in [4.78, 5) is 48.5. The van der Waals surface area contributed by atoms with Gasteiger partial charge in [0.05, 0.1) is 29.8 Å². The minimum atomic E-state index is -4.55. The lowest BCUT2D eigenvalue weighted by Gasteiger charge is -2.30. The number of nitrogens with one attached hydrogen (secondary N) is 2. The first kappa shape index (κ1) is 29.3. The van der Waals surface area contributed by atoms with Crippen molar-refractivity contribution in [2.75, 3.05) is 16.9 Å². The van der Waals surface area contributed by atoms with Crippen LogP contribution in [0.25, 0.3) is 11.1 Å². The number of aromatic nitrogens is 4. The fourth-order valence-electron chi connectivity index (χ4n) is 5.78. The SMILES string of the molecule is C[n+]1cc(-c2cccc(N3CCc4c(sc5c4CC(C)(C)C5)C3=O)c2COP(=O)(O)NO)cn(Nc2ccncn2)c1=O. The first-order valence-corrected chi connectivity index (χ1v) is 16.0. The monoisotopic (exact) mass is 624 g/mol. The van der Waals surface area contributed by atoms with Crippen LogP contribution in [0, 0.1) is 5.41 Å². The maximum Gasteiger partial charge on any atom is 0.521 e. The van der Waals surface area contributed by atoms with E-state index in [1.807, 2.05) is 0 Å². The molecule has 3 aromatic heterocycles. The predicted octanol–water partition coefficient (Wildman–Crippen LogP) is 2.99. The lowest BCUT2D eigenvalue weighted by molar-refractivity contribution is -0.690. The number of anilines is 2. The predicted molar refractivity (Wildman–Crippen MR) is 159 cm³/mol. The smallest absolute Gasteiger partial charge is 0.311 e. The number of carbonyl (C=O) groups excluding carboxylic acids is 1. The van der Waals surface area contributed by atoms with Crippen molar-refractivity contribution in [3.63, 3.8) is 0 Å². The molecule has 1 aliphatic carbocycles. The van der Waals surface area contributed by atoms with Crippen molar-refractivity contribution in [3.05, 3.63) is 86.1 Å². The van der Waals surface area contributed by atoms with Crippen molar-refractivity contribution in [1.29, 1.82) is 0 Å². The zero-order chi connectivity index (χ0) is 30.5. The molecule has 0 saturated heterocycles. The molecule has 1 amide bonds. The molecule has 1 unspecified atom stereocenters. The third-order valence-electron chi connectivity index (χ3n) is 7.71. The summed E-state index contributed by atoms with van der Waals surface area (Å²) >= 11 is 1.56. The summed E-state index contributed by atoms with van der Waals surface area (Å²) < 4.78 is 20.1. The van der Waals surface area contributed by atoms with Gasteiger partial charge in [-0.2, -0.15) is 9.36 Å². The van der Waals surface area contributed by atoms with E-state index in [2.05, 4.69) is 29.2 Å². The highest BCUT2D eigenvalue weighted by Crippen LogP contribution is 2.46. The maximum absolute atomic E-state index is 14.0. The second-order valence-corrected chi connectivity index (χ2v) is 14.0. The van der Waals surface area contributed by atoms with E-state index in [0.29, 0.717) is 41.2 Å². The Bertz CT molecular complexity index is 1840. The third-order valence-corrected chi connectivity index (χ3v) is 9.70. The molecule has 0 bridgehead atoms. The minimum absolute atomic E-state index is 0.134. The summed E-state index contributed by atoms with van der Waals surface area (Å²) in [5.74, 6) is 0.257. The van der Waals surface area contributed by atoms with Gasteiger partial charge in [0.15, 0.2) is 5.82 Å². The molecular weight excluding hydrogens is 593 g/mol. The van der Waals surface area contributed by atoms with Gasteiger partial charge in [-0.25, -0.2) is 20.0 Å². The fraction of sp³-hybridized carbons (Fsp3) is 0.321. The van der Waals surface area contributed by atoms with Crippen LogP contribution in [0.4, 0.5) is 11.5 Å². The molecule has 4 heterocycles. The Morgan fingerprint density at radius 1 is 1.21 bits per heavy atom. The molecule has 0 fully saturated rings. The standard InChI is InChI=1S/C28H30N7O6PS/c1-28(2)11-20-19-8-10-34(26(36)25(19)43-23(20)12-28)22-6-4-5-18(21(22)15-41-42(39,40)32-38)17-13-33(3)27(37)35(14-17)31-24-7-9-29-16-30-24/h4-7,9,13-14,16H,8,10-12,15H2,1-3H3,(H3-,29,30,31,32,38,39,40)/p+1. The highest BCUT2D eigenvalue weighted by Gasteiger charge is 2.38. The second-order valence-electron chi connectivity index (χ2n) is 11.4. The molecule has 0 saturated carbocycles. The van der Waals surface area contributed by atoms with Crippen LogP contribution in [0.15, 0.2) is 54.0 Å². The number of rotatable bonds is 8. The van der Waals surface area contributed by atoms with Crippen LogP contribution in [0.5, 0.6) is 0 Å². The van der Waals surface area contributed by atoms with Crippen LogP contribution in [-0.4, -0.2) is 37.2 Å². The van der Waals surface area contributed by atoms with Gasteiger partial charge < -0.3 is 15.0 Å². The highest BCUT2D eigenvalue weighted by atomic mass is 32.1. The fourth-order valence-corrected chi connectivity index (χ4v) is 7.72. The van der Waals surface area contributed by atoms with E-state index in [9.17, 15) is 19.0 Å². The van der Waals surface area contributed by atoms with Gasteiger partial charge in [0.25, 0.3) is 5.91 Å². The molecule has 0 radical (unpaired) electrons. The van der Waals surface area contributed by atoms with Crippen LogP contribution in [0.2, 0.25) is 0 Å². The number of fused-ring (bicyclic) bond motifs is 3. The third kappa shape index (κ3) is 5.65. The summed E-state index contributed by atoms with van der Waals surface area (Å²) in [5, 5.41) is 10.5. The van der Waals surface area contributed by atoms with E-state index < -0.39 is 14.4 Å². The lowest BCUT2D eigenvalue weighted by Crippen LogP contribution is -2.52. The lowest BCUT2D eigenvalue weighted by atomic mass is 9.89. The van der Waals surface area contributed by atoms with Crippen LogP contribution < -0.4 is 25.8 Å². The average molecular weight is 625 g/mol. The normalized spacial score (nSPS) is 17.0. The largest absolute Gasteiger partial charge is 0.521 e. The Balaban J connectivity index is 1.43. The Kier molecular flexibility index (Phi) is 7.53. The van der Waals surface area contributed by atoms with E-state index >= 15 is 0 Å². The molecule has 0 spiro atoms. The number of carbonyl (C=O) groups is 1. The van der Waals surface area contributed by atoms with E-state index in [4.69, 9.17) is 9.73 Å². The van der Waals surface area contributed by atoms with Crippen molar-refractivity contribution in [1.82, 2.24) is 19.9 Å². The summed E-state index contributed by atoms with van der Waals surface area (Å²) in [6.45, 7) is 4.49. The van der Waals surface area contributed by atoms with E-state index in [0.717, 1.165) is 23.3 Å². The van der Waals surface area contributed by atoms with Crippen LogP contribution >= 0.6 is 19.1 Å². The van der Waals surface area contributed by atoms with Gasteiger partial charge in [-0.05, 0) is 47.4 Å². The van der Waals surface area contributed by atoms with Gasteiger partial charge >= 0.3 is 13.4 Å². The zero-order valence-electron chi connectivity index (χ0n) is 23.8. The van der Waals surface area contributed by atoms with Crippen LogP contribution in [0.3, 0.4) is 0 Å². The van der Waals surface area contributed by atoms with Gasteiger partial charge in [0.1, 0.15) is 18.7 Å². The van der Waals surface area contributed by atoms with Crippen molar-refractivity contribution in [2.45, 2.75) is 39.7 Å². The van der Waals surface area contributed by atoms with E-state index in [-0.39, 0.29) is 17.0 Å². The highest BCUT2D eigenvalue weighted by molar-refractivity contribution is 7.50. The van der Waals surface area contributed by atoms with Gasteiger partial charge in [-0.1, -0.05) is 30.7 Å². The number of nitrogens with zero attached hydrogens (tertiary/aromatic N) is 5. The first-order valence-electron chi connectivity index (χ1n) is 13.6. The first-order chi connectivity index (χ1) is 20.5. The molecule has 13 nitrogen and oxygen atoms in total. The molecule has 6 rings (SSSR count). The molecule has 224 valence electrons. The maximum atomic E-state index is 14.0. The summed E-state index contributed by atoms with van der Waals surface area (Å²) in [6.07, 6.45) is 8.65. The van der Waals surface area contributed by atoms with Crippen LogP contribution in [0.1, 0.15) is 45.1 Å². The second kappa shape index (κ2) is 11.1. The molecule has 15 heteroatoms. The summed E-state index contributed by atoms with van der Waals surface area (Å²) in [5.41, 5.74) is 7.21. The number of aryl methyl sites for hydroxylation is 1. The molecule has 4 N–H and O–H groups in total. The number of hydrogen-bond acceptors (Lipinski definition) is 9. The topological polar surface area (TPSA) is 163 Å². The molecule has 1 aliphatic heterocycles. The van der Waals surface area contributed by atoms with Crippen molar-refractivity contribution in [2.24, 2.45) is 12.5 Å². The van der Waals surface area contributed by atoms with Crippen LogP contribution in [-0.2, 0) is 42.0 Å². The number of amides is 1. The quantitative estimate of drug-likeness (QED) is 0.130. The van der Waals surface area contributed by atoms with Gasteiger partial charge in [0.2, 0.25) is 0 Å². The average Bonchev–Trinajstić information content (AvgIpc) is 3.47. The van der Waals surface area contributed by atoms with Gasteiger partial charge in [-0.15, -0.1) is 16.6 Å². The summed E-state index contributed by atoms with van der Waals surface area (Å²) in [6, 6.07) is 6.92. The molecule has 2 aliphatic rings. The Morgan fingerprint density at radius 3 is 2.77 bits per heavy atom. The van der Waals surface area contributed by atoms with Gasteiger partial charge in [-0.3, -0.25) is 9.32 Å². The number of benzene rings is 1. The Morgan fingerprint density at radius 2 is 2.02 bits per heavy atom. The molecular formula is C28H31N7O6PS+. The minimum Gasteiger partial charge on any atom is -0.311 e. The Hall–Kier alpha value is -3.78. The Labute approximate surface area is 251 Å². The van der Waals surface area contributed by atoms with Crippen molar-refractivity contribution < 1.29 is 28.6 Å².